The lowest BCUT2D eigenvalue weighted by Gasteiger charge is -2.12. The largest absolute Gasteiger partial charge is 0.0613 e. The molecule has 0 radical (unpaired) electrons. The van der Waals surface area contributed by atoms with Crippen LogP contribution < -0.4 is 0 Å². The first-order valence-corrected chi connectivity index (χ1v) is 7.87. The fraction of sp³-hybridized carbons (Fsp3) is 0.400. The van der Waals surface area contributed by atoms with Crippen molar-refractivity contribution in [2.75, 3.05) is 0 Å². The van der Waals surface area contributed by atoms with E-state index in [1.165, 1.54) is 33.4 Å². The van der Waals surface area contributed by atoms with Crippen molar-refractivity contribution >= 4 is 0 Å². The van der Waals surface area contributed by atoms with Crippen LogP contribution in [-0.2, 0) is 25.7 Å². The molecule has 106 valence electrons. The van der Waals surface area contributed by atoms with Crippen molar-refractivity contribution in [3.63, 3.8) is 0 Å². The van der Waals surface area contributed by atoms with Crippen molar-refractivity contribution in [2.24, 2.45) is 0 Å². The summed E-state index contributed by atoms with van der Waals surface area (Å²) in [4.78, 5) is 0. The number of hydrogen-bond acceptors (Lipinski definition) is 0. The second-order valence-corrected chi connectivity index (χ2v) is 5.60. The number of aryl methyl sites for hydroxylation is 4. The molecule has 0 aliphatic carbocycles. The zero-order valence-electron chi connectivity index (χ0n) is 13.3. The SMILES string of the molecule is CCc1ccc(Cc2ccc(CC)cc2CC)c(C)c1. The molecular formula is C20H26. The average Bonchev–Trinajstić information content (AvgIpc) is 2.49. The Kier molecular flexibility index (Phi) is 5.00. The predicted octanol–water partition coefficient (Wildman–Crippen LogP) is 5.27. The summed E-state index contributed by atoms with van der Waals surface area (Å²) in [6.07, 6.45) is 4.42. The third kappa shape index (κ3) is 3.30. The molecule has 0 fully saturated rings. The summed E-state index contributed by atoms with van der Waals surface area (Å²) < 4.78 is 0. The first-order chi connectivity index (χ1) is 9.67. The van der Waals surface area contributed by atoms with Gasteiger partial charge in [0.25, 0.3) is 0 Å². The van der Waals surface area contributed by atoms with Gasteiger partial charge >= 0.3 is 0 Å². The molecule has 0 N–H and O–H groups in total. The Morgan fingerprint density at radius 3 is 1.80 bits per heavy atom. The summed E-state index contributed by atoms with van der Waals surface area (Å²) in [6, 6.07) is 13.9. The van der Waals surface area contributed by atoms with E-state index in [9.17, 15) is 0 Å². The van der Waals surface area contributed by atoms with E-state index in [1.807, 2.05) is 0 Å². The number of rotatable bonds is 5. The van der Waals surface area contributed by atoms with Gasteiger partial charge in [-0.3, -0.25) is 0 Å². The van der Waals surface area contributed by atoms with Gasteiger partial charge in [-0.05, 0) is 66.0 Å². The smallest absolute Gasteiger partial charge is 0.00204 e. The Morgan fingerprint density at radius 2 is 1.25 bits per heavy atom. The van der Waals surface area contributed by atoms with Gasteiger partial charge in [0.15, 0.2) is 0 Å². The Morgan fingerprint density at radius 1 is 0.650 bits per heavy atom. The Hall–Kier alpha value is -1.56. The summed E-state index contributed by atoms with van der Waals surface area (Å²) in [6.45, 7) is 8.93. The molecule has 0 saturated heterocycles. The number of hydrogen-bond donors (Lipinski definition) is 0. The molecule has 20 heavy (non-hydrogen) atoms. The van der Waals surface area contributed by atoms with Gasteiger partial charge in [0.2, 0.25) is 0 Å². The van der Waals surface area contributed by atoms with E-state index in [-0.39, 0.29) is 0 Å². The van der Waals surface area contributed by atoms with Gasteiger partial charge in [0, 0.05) is 0 Å². The van der Waals surface area contributed by atoms with Crippen LogP contribution in [0.2, 0.25) is 0 Å². The molecule has 2 aromatic rings. The fourth-order valence-electron chi connectivity index (χ4n) is 2.78. The maximum atomic E-state index is 2.38. The van der Waals surface area contributed by atoms with E-state index in [0.717, 1.165) is 25.7 Å². The molecule has 0 aliphatic heterocycles. The fourth-order valence-corrected chi connectivity index (χ4v) is 2.78. The van der Waals surface area contributed by atoms with Crippen LogP contribution >= 0.6 is 0 Å². The summed E-state index contributed by atoms with van der Waals surface area (Å²) in [5, 5.41) is 0. The van der Waals surface area contributed by atoms with Crippen LogP contribution in [0.4, 0.5) is 0 Å². The molecule has 0 spiro atoms. The van der Waals surface area contributed by atoms with Crippen molar-refractivity contribution in [1.82, 2.24) is 0 Å². The third-order valence-electron chi connectivity index (χ3n) is 4.26. The van der Waals surface area contributed by atoms with Gasteiger partial charge in [0.1, 0.15) is 0 Å². The highest BCUT2D eigenvalue weighted by Crippen LogP contribution is 2.20. The van der Waals surface area contributed by atoms with Crippen LogP contribution in [0.5, 0.6) is 0 Å². The molecule has 0 bridgehead atoms. The monoisotopic (exact) mass is 266 g/mol. The maximum Gasteiger partial charge on any atom is -0.00204 e. The highest BCUT2D eigenvalue weighted by molar-refractivity contribution is 5.39. The third-order valence-corrected chi connectivity index (χ3v) is 4.26. The maximum absolute atomic E-state index is 2.38. The van der Waals surface area contributed by atoms with Crippen molar-refractivity contribution in [3.05, 3.63) is 69.8 Å². The quantitative estimate of drug-likeness (QED) is 0.691. The van der Waals surface area contributed by atoms with Crippen LogP contribution in [0, 0.1) is 6.92 Å². The predicted molar refractivity (Wildman–Crippen MR) is 88.6 cm³/mol. The molecule has 0 heteroatoms. The van der Waals surface area contributed by atoms with E-state index in [2.05, 4.69) is 64.1 Å². The highest BCUT2D eigenvalue weighted by Gasteiger charge is 2.06. The van der Waals surface area contributed by atoms with E-state index in [4.69, 9.17) is 0 Å². The Balaban J connectivity index is 2.29. The first-order valence-electron chi connectivity index (χ1n) is 7.87. The van der Waals surface area contributed by atoms with Crippen LogP contribution in [0.3, 0.4) is 0 Å². The lowest BCUT2D eigenvalue weighted by Crippen LogP contribution is -1.99. The molecule has 2 rings (SSSR count). The van der Waals surface area contributed by atoms with E-state index >= 15 is 0 Å². The van der Waals surface area contributed by atoms with Gasteiger partial charge in [-0.1, -0.05) is 57.2 Å². The van der Waals surface area contributed by atoms with E-state index in [0.29, 0.717) is 0 Å². The molecule has 0 nitrogen and oxygen atoms in total. The molecule has 0 aliphatic rings. The van der Waals surface area contributed by atoms with Crippen molar-refractivity contribution < 1.29 is 0 Å². The molecule has 0 heterocycles. The highest BCUT2D eigenvalue weighted by atomic mass is 14.1. The van der Waals surface area contributed by atoms with Crippen LogP contribution in [0.1, 0.15) is 54.2 Å². The molecule has 2 aromatic carbocycles. The van der Waals surface area contributed by atoms with Crippen LogP contribution in [-0.4, -0.2) is 0 Å². The number of benzene rings is 2. The molecular weight excluding hydrogens is 240 g/mol. The standard InChI is InChI=1S/C20H26/c1-5-16-8-10-19(15(4)12-16)14-20-11-9-17(6-2)13-18(20)7-3/h8-13H,5-7,14H2,1-4H3. The summed E-state index contributed by atoms with van der Waals surface area (Å²) >= 11 is 0. The van der Waals surface area contributed by atoms with Crippen molar-refractivity contribution in [2.45, 2.75) is 53.4 Å². The average molecular weight is 266 g/mol. The van der Waals surface area contributed by atoms with Gasteiger partial charge in [-0.25, -0.2) is 0 Å². The molecule has 0 amide bonds. The van der Waals surface area contributed by atoms with Gasteiger partial charge < -0.3 is 0 Å². The molecule has 0 aromatic heterocycles. The second-order valence-electron chi connectivity index (χ2n) is 5.60. The van der Waals surface area contributed by atoms with Gasteiger partial charge in [0.05, 0.1) is 0 Å². The summed E-state index contributed by atoms with van der Waals surface area (Å²) in [5.74, 6) is 0. The topological polar surface area (TPSA) is 0 Å². The summed E-state index contributed by atoms with van der Waals surface area (Å²) in [5.41, 5.74) is 8.75. The Labute approximate surface area is 123 Å². The van der Waals surface area contributed by atoms with Crippen molar-refractivity contribution in [3.8, 4) is 0 Å². The lowest BCUT2D eigenvalue weighted by molar-refractivity contribution is 1.02. The van der Waals surface area contributed by atoms with Crippen LogP contribution in [0.25, 0.3) is 0 Å². The lowest BCUT2D eigenvalue weighted by atomic mass is 9.93. The zero-order chi connectivity index (χ0) is 14.5. The molecule has 0 atom stereocenters. The normalized spacial score (nSPS) is 10.8. The van der Waals surface area contributed by atoms with Crippen LogP contribution in [0.15, 0.2) is 36.4 Å². The van der Waals surface area contributed by atoms with E-state index in [1.54, 1.807) is 0 Å². The molecule has 0 saturated carbocycles. The minimum atomic E-state index is 1.06. The molecule has 0 unspecified atom stereocenters. The first kappa shape index (κ1) is 14.8. The summed E-state index contributed by atoms with van der Waals surface area (Å²) in [7, 11) is 0. The minimum Gasteiger partial charge on any atom is -0.0613 e. The van der Waals surface area contributed by atoms with Gasteiger partial charge in [-0.15, -0.1) is 0 Å². The van der Waals surface area contributed by atoms with Gasteiger partial charge in [-0.2, -0.15) is 0 Å². The zero-order valence-corrected chi connectivity index (χ0v) is 13.3. The van der Waals surface area contributed by atoms with E-state index < -0.39 is 0 Å². The second kappa shape index (κ2) is 6.74. The van der Waals surface area contributed by atoms with Crippen molar-refractivity contribution in [1.29, 1.82) is 0 Å². The minimum absolute atomic E-state index is 1.06. The Bertz CT molecular complexity index is 579.